The van der Waals surface area contributed by atoms with Gasteiger partial charge in [0, 0.05) is 16.5 Å². The Morgan fingerprint density at radius 3 is 2.29 bits per heavy atom. The van der Waals surface area contributed by atoms with E-state index in [2.05, 4.69) is 15.9 Å². The van der Waals surface area contributed by atoms with Crippen molar-refractivity contribution in [3.8, 4) is 0 Å². The van der Waals surface area contributed by atoms with E-state index in [4.69, 9.17) is 23.2 Å². The van der Waals surface area contributed by atoms with Crippen LogP contribution in [-0.4, -0.2) is 5.88 Å². The highest BCUT2D eigenvalue weighted by atomic mass is 79.9. The van der Waals surface area contributed by atoms with Crippen LogP contribution in [0.3, 0.4) is 0 Å². The van der Waals surface area contributed by atoms with Crippen LogP contribution in [0.2, 0.25) is 5.02 Å². The maximum absolute atomic E-state index is 14.0. The van der Waals surface area contributed by atoms with Crippen molar-refractivity contribution in [2.75, 3.05) is 5.88 Å². The Hall–Kier alpha value is -0.640. The second-order valence-corrected chi connectivity index (χ2v) is 6.48. The summed E-state index contributed by atoms with van der Waals surface area (Å²) < 4.78 is 28.1. The van der Waals surface area contributed by atoms with E-state index in [1.807, 2.05) is 12.1 Å². The Labute approximate surface area is 141 Å². The summed E-state index contributed by atoms with van der Waals surface area (Å²) in [7, 11) is 0. The summed E-state index contributed by atoms with van der Waals surface area (Å²) in [5.74, 6) is -0.817. The van der Waals surface area contributed by atoms with Crippen molar-refractivity contribution in [1.82, 2.24) is 0 Å². The molecule has 0 N–H and O–H groups in total. The van der Waals surface area contributed by atoms with Crippen LogP contribution < -0.4 is 0 Å². The molecule has 5 heteroatoms. The zero-order valence-electron chi connectivity index (χ0n) is 11.1. The number of benzene rings is 2. The summed E-state index contributed by atoms with van der Waals surface area (Å²) in [5, 5.41) is 0.658. The fourth-order valence-corrected chi connectivity index (χ4v) is 2.90. The topological polar surface area (TPSA) is 0 Å². The summed E-state index contributed by atoms with van der Waals surface area (Å²) in [4.78, 5) is 0. The van der Waals surface area contributed by atoms with Crippen LogP contribution in [0.1, 0.15) is 11.1 Å². The van der Waals surface area contributed by atoms with E-state index in [1.165, 1.54) is 12.1 Å². The van der Waals surface area contributed by atoms with Crippen LogP contribution in [0.5, 0.6) is 0 Å². The lowest BCUT2D eigenvalue weighted by Gasteiger charge is -2.15. The van der Waals surface area contributed by atoms with Gasteiger partial charge in [-0.3, -0.25) is 0 Å². The molecule has 0 spiro atoms. The summed E-state index contributed by atoms with van der Waals surface area (Å²) in [5.41, 5.74) is 1.12. The molecule has 0 bridgehead atoms. The smallest absolute Gasteiger partial charge is 0.143 e. The normalized spacial score (nSPS) is 12.4. The van der Waals surface area contributed by atoms with Crippen molar-refractivity contribution < 1.29 is 8.78 Å². The van der Waals surface area contributed by atoms with Crippen LogP contribution in [-0.2, 0) is 12.8 Å². The monoisotopic (exact) mass is 392 g/mol. The van der Waals surface area contributed by atoms with Gasteiger partial charge in [-0.2, -0.15) is 0 Å². The van der Waals surface area contributed by atoms with Gasteiger partial charge in [0.25, 0.3) is 0 Å². The quantitative estimate of drug-likeness (QED) is 0.430. The van der Waals surface area contributed by atoms with E-state index >= 15 is 0 Å². The van der Waals surface area contributed by atoms with Gasteiger partial charge in [-0.15, -0.1) is 11.6 Å². The summed E-state index contributed by atoms with van der Waals surface area (Å²) in [6.07, 6.45) is 0.898. The number of hydrogen-bond donors (Lipinski definition) is 0. The first-order valence-corrected chi connectivity index (χ1v) is 8.14. The molecule has 0 heterocycles. The number of rotatable bonds is 5. The predicted molar refractivity (Wildman–Crippen MR) is 87.1 cm³/mol. The molecular weight excluding hydrogens is 381 g/mol. The molecule has 0 aliphatic carbocycles. The molecule has 112 valence electrons. The van der Waals surface area contributed by atoms with E-state index < -0.39 is 11.6 Å². The van der Waals surface area contributed by atoms with Gasteiger partial charge in [0.2, 0.25) is 0 Å². The van der Waals surface area contributed by atoms with E-state index in [9.17, 15) is 8.78 Å². The highest BCUT2D eigenvalue weighted by molar-refractivity contribution is 9.10. The zero-order valence-corrected chi connectivity index (χ0v) is 14.2. The average molecular weight is 394 g/mol. The standard InChI is InChI=1S/C16H13BrCl2F2/c17-14-5-6-15(20)13(16(14)21)8-11(9-18)7-10-1-3-12(19)4-2-10/h1-6,11H,7-9H2. The molecule has 1 unspecified atom stereocenters. The van der Waals surface area contributed by atoms with E-state index in [0.29, 0.717) is 17.3 Å². The summed E-state index contributed by atoms with van der Waals surface area (Å²) in [6.45, 7) is 0. The minimum atomic E-state index is -0.554. The third-order valence-electron chi connectivity index (χ3n) is 3.29. The van der Waals surface area contributed by atoms with Gasteiger partial charge in [0.05, 0.1) is 4.47 Å². The van der Waals surface area contributed by atoms with Crippen molar-refractivity contribution in [1.29, 1.82) is 0 Å². The highest BCUT2D eigenvalue weighted by Gasteiger charge is 2.18. The second kappa shape index (κ2) is 7.57. The molecule has 2 aromatic carbocycles. The molecular formula is C16H13BrCl2F2. The van der Waals surface area contributed by atoms with Crippen molar-refractivity contribution >= 4 is 39.1 Å². The first-order chi connectivity index (χ1) is 10.0. The lowest BCUT2D eigenvalue weighted by molar-refractivity contribution is 0.505. The maximum atomic E-state index is 14.0. The van der Waals surface area contributed by atoms with Crippen LogP contribution in [0.25, 0.3) is 0 Å². The van der Waals surface area contributed by atoms with Crippen LogP contribution in [0.15, 0.2) is 40.9 Å². The van der Waals surface area contributed by atoms with E-state index in [-0.39, 0.29) is 22.4 Å². The van der Waals surface area contributed by atoms with Gasteiger partial charge in [-0.1, -0.05) is 23.7 Å². The fraction of sp³-hybridized carbons (Fsp3) is 0.250. The molecule has 0 radical (unpaired) electrons. The molecule has 0 saturated carbocycles. The molecule has 0 aromatic heterocycles. The minimum Gasteiger partial charge on any atom is -0.207 e. The Bertz CT molecular complexity index is 614. The molecule has 0 nitrogen and oxygen atoms in total. The summed E-state index contributed by atoms with van der Waals surface area (Å²) >= 11 is 14.9. The van der Waals surface area contributed by atoms with Gasteiger partial charge in [-0.05, 0) is 64.5 Å². The number of alkyl halides is 1. The van der Waals surface area contributed by atoms with E-state index in [1.54, 1.807) is 12.1 Å². The van der Waals surface area contributed by atoms with Crippen molar-refractivity contribution in [3.05, 3.63) is 68.7 Å². The lowest BCUT2D eigenvalue weighted by Crippen LogP contribution is -2.13. The largest absolute Gasteiger partial charge is 0.207 e. The predicted octanol–water partition coefficient (Wildman–Crippen LogP) is 6.02. The van der Waals surface area contributed by atoms with Crippen LogP contribution >= 0.6 is 39.1 Å². The van der Waals surface area contributed by atoms with Crippen molar-refractivity contribution in [3.63, 3.8) is 0 Å². The molecule has 2 rings (SSSR count). The van der Waals surface area contributed by atoms with Gasteiger partial charge < -0.3 is 0 Å². The minimum absolute atomic E-state index is 0.0499. The van der Waals surface area contributed by atoms with Crippen molar-refractivity contribution in [2.45, 2.75) is 12.8 Å². The van der Waals surface area contributed by atoms with Crippen LogP contribution in [0, 0.1) is 17.6 Å². The molecule has 0 saturated heterocycles. The Morgan fingerprint density at radius 2 is 1.67 bits per heavy atom. The Morgan fingerprint density at radius 1 is 1.00 bits per heavy atom. The Balaban J connectivity index is 2.16. The number of halogens is 5. The summed E-state index contributed by atoms with van der Waals surface area (Å²) in [6, 6.07) is 10.0. The fourth-order valence-electron chi connectivity index (χ4n) is 2.18. The third-order valence-corrected chi connectivity index (χ3v) is 4.59. The van der Waals surface area contributed by atoms with Gasteiger partial charge in [0.1, 0.15) is 11.6 Å². The van der Waals surface area contributed by atoms with Gasteiger partial charge >= 0.3 is 0 Å². The molecule has 0 amide bonds. The first kappa shape index (κ1) is 16.7. The maximum Gasteiger partial charge on any atom is 0.143 e. The van der Waals surface area contributed by atoms with Crippen molar-refractivity contribution in [2.24, 2.45) is 5.92 Å². The van der Waals surface area contributed by atoms with Gasteiger partial charge in [-0.25, -0.2) is 8.78 Å². The average Bonchev–Trinajstić information content (AvgIpc) is 2.48. The molecule has 1 atom stereocenters. The number of hydrogen-bond acceptors (Lipinski definition) is 0. The molecule has 2 aromatic rings. The lowest BCUT2D eigenvalue weighted by atomic mass is 9.93. The van der Waals surface area contributed by atoms with Crippen LogP contribution in [0.4, 0.5) is 8.78 Å². The second-order valence-electron chi connectivity index (χ2n) is 4.88. The zero-order chi connectivity index (χ0) is 15.4. The molecule has 0 aliphatic heterocycles. The first-order valence-electron chi connectivity index (χ1n) is 6.44. The highest BCUT2D eigenvalue weighted by Crippen LogP contribution is 2.26. The van der Waals surface area contributed by atoms with Gasteiger partial charge in [0.15, 0.2) is 0 Å². The molecule has 0 fully saturated rings. The molecule has 0 aliphatic rings. The third kappa shape index (κ3) is 4.41. The molecule has 21 heavy (non-hydrogen) atoms. The van der Waals surface area contributed by atoms with E-state index in [0.717, 1.165) is 5.56 Å². The SMILES string of the molecule is Fc1ccc(Br)c(F)c1CC(CCl)Cc1ccc(Cl)cc1. The Kier molecular flexibility index (Phi) is 6.03.